The van der Waals surface area contributed by atoms with Crippen molar-refractivity contribution in [1.82, 2.24) is 15.5 Å². The van der Waals surface area contributed by atoms with E-state index in [2.05, 4.69) is 10.6 Å². The Morgan fingerprint density at radius 3 is 2.40 bits per heavy atom. The van der Waals surface area contributed by atoms with Gasteiger partial charge in [-0.15, -0.1) is 0 Å². The largest absolute Gasteiger partial charge is 0.345 e. The molecule has 7 nitrogen and oxygen atoms in total. The maximum Gasteiger partial charge on any atom is 0.249 e. The minimum absolute atomic E-state index is 0.00634. The number of amides is 4. The summed E-state index contributed by atoms with van der Waals surface area (Å²) in [6.07, 6.45) is 7.90. The molecule has 0 unspecified atom stereocenters. The first kappa shape index (κ1) is 17.9. The average molecular weight is 349 g/mol. The topological polar surface area (TPSA) is 95.6 Å². The molecular weight excluding hydrogens is 322 g/mol. The van der Waals surface area contributed by atoms with E-state index < -0.39 is 18.0 Å². The number of nitrogens with one attached hydrogen (secondary N) is 2. The molecule has 1 heterocycles. The number of rotatable bonds is 6. The highest BCUT2D eigenvalue weighted by Crippen LogP contribution is 2.31. The van der Waals surface area contributed by atoms with Crippen LogP contribution >= 0.6 is 0 Å². The highest BCUT2D eigenvalue weighted by molar-refractivity contribution is 6.07. The number of hydrogen-bond acceptors (Lipinski definition) is 4. The van der Waals surface area contributed by atoms with Gasteiger partial charge in [-0.1, -0.05) is 19.3 Å². The van der Waals surface area contributed by atoms with Crippen LogP contribution in [0.25, 0.3) is 0 Å². The molecule has 138 valence electrons. The molecule has 3 aliphatic rings. The van der Waals surface area contributed by atoms with Crippen LogP contribution in [0.1, 0.15) is 64.7 Å². The van der Waals surface area contributed by atoms with Crippen molar-refractivity contribution >= 4 is 23.6 Å². The fraction of sp³-hybridized carbons (Fsp3) is 0.778. The SMILES string of the molecule is C[C@H](NC(=O)CC1CCCCC1)C(=O)N(C1CC1)[C@H]1CC(=O)NC1=O. The normalized spacial score (nSPS) is 25.4. The zero-order valence-electron chi connectivity index (χ0n) is 14.8. The molecule has 3 fully saturated rings. The number of carbonyl (C=O) groups excluding carboxylic acids is 4. The summed E-state index contributed by atoms with van der Waals surface area (Å²) in [6.45, 7) is 1.66. The summed E-state index contributed by atoms with van der Waals surface area (Å²) < 4.78 is 0. The standard InChI is InChI=1S/C18H27N3O4/c1-11(19-15(22)9-12-5-3-2-4-6-12)18(25)21(13-7-8-13)14-10-16(23)20-17(14)24/h11-14H,2-10H2,1H3,(H,19,22)(H,20,23,24)/t11-,14-/m0/s1. The van der Waals surface area contributed by atoms with Gasteiger partial charge in [-0.25, -0.2) is 0 Å². The molecule has 0 aromatic rings. The minimum Gasteiger partial charge on any atom is -0.345 e. The van der Waals surface area contributed by atoms with Crippen LogP contribution in [-0.2, 0) is 19.2 Å². The predicted molar refractivity (Wildman–Crippen MR) is 90.2 cm³/mol. The van der Waals surface area contributed by atoms with Crippen LogP contribution in [0, 0.1) is 5.92 Å². The molecule has 7 heteroatoms. The quantitative estimate of drug-likeness (QED) is 0.696. The van der Waals surface area contributed by atoms with E-state index in [1.807, 2.05) is 0 Å². The maximum atomic E-state index is 12.8. The van der Waals surface area contributed by atoms with E-state index in [-0.39, 0.29) is 30.2 Å². The third-order valence-electron chi connectivity index (χ3n) is 5.42. The molecule has 2 N–H and O–H groups in total. The Morgan fingerprint density at radius 2 is 1.84 bits per heavy atom. The Bertz CT molecular complexity index is 567. The minimum atomic E-state index is -0.731. The van der Waals surface area contributed by atoms with Gasteiger partial charge in [0.05, 0.1) is 6.42 Å². The summed E-state index contributed by atoms with van der Waals surface area (Å²) in [6, 6.07) is -1.41. The van der Waals surface area contributed by atoms with Crippen molar-refractivity contribution in [2.75, 3.05) is 0 Å². The highest BCUT2D eigenvalue weighted by atomic mass is 16.2. The lowest BCUT2D eigenvalue weighted by Gasteiger charge is -2.30. The summed E-state index contributed by atoms with van der Waals surface area (Å²) in [5.41, 5.74) is 0. The Morgan fingerprint density at radius 1 is 1.16 bits per heavy atom. The van der Waals surface area contributed by atoms with Crippen LogP contribution in [0.2, 0.25) is 0 Å². The lowest BCUT2D eigenvalue weighted by Crippen LogP contribution is -2.53. The summed E-state index contributed by atoms with van der Waals surface area (Å²) in [4.78, 5) is 50.0. The zero-order valence-corrected chi connectivity index (χ0v) is 14.8. The average Bonchev–Trinajstić information content (AvgIpc) is 3.34. The van der Waals surface area contributed by atoms with Crippen molar-refractivity contribution in [3.63, 3.8) is 0 Å². The van der Waals surface area contributed by atoms with Gasteiger partial charge in [0.25, 0.3) is 0 Å². The second-order valence-electron chi connectivity index (χ2n) is 7.61. The van der Waals surface area contributed by atoms with E-state index in [1.165, 1.54) is 24.2 Å². The maximum absolute atomic E-state index is 12.8. The lowest BCUT2D eigenvalue weighted by atomic mass is 9.87. The summed E-state index contributed by atoms with van der Waals surface area (Å²) in [5, 5.41) is 5.05. The molecule has 2 atom stereocenters. The van der Waals surface area contributed by atoms with Crippen LogP contribution in [0.4, 0.5) is 0 Å². The van der Waals surface area contributed by atoms with Crippen molar-refractivity contribution in [1.29, 1.82) is 0 Å². The number of carbonyl (C=O) groups is 4. The number of imide groups is 1. The van der Waals surface area contributed by atoms with Gasteiger partial charge in [0, 0.05) is 12.5 Å². The van der Waals surface area contributed by atoms with Crippen LogP contribution in [-0.4, -0.2) is 46.7 Å². The van der Waals surface area contributed by atoms with E-state index in [9.17, 15) is 19.2 Å². The Labute approximate surface area is 147 Å². The van der Waals surface area contributed by atoms with Gasteiger partial charge in [-0.3, -0.25) is 24.5 Å². The fourth-order valence-electron chi connectivity index (χ4n) is 3.94. The second-order valence-corrected chi connectivity index (χ2v) is 7.61. The van der Waals surface area contributed by atoms with Gasteiger partial charge in [-0.2, -0.15) is 0 Å². The third kappa shape index (κ3) is 4.38. The molecule has 2 aliphatic carbocycles. The third-order valence-corrected chi connectivity index (χ3v) is 5.42. The molecule has 1 aliphatic heterocycles. The zero-order chi connectivity index (χ0) is 18.0. The molecule has 25 heavy (non-hydrogen) atoms. The lowest BCUT2D eigenvalue weighted by molar-refractivity contribution is -0.142. The molecule has 2 saturated carbocycles. The molecule has 0 radical (unpaired) electrons. The van der Waals surface area contributed by atoms with Gasteiger partial charge in [0.2, 0.25) is 23.6 Å². The van der Waals surface area contributed by atoms with Crippen molar-refractivity contribution in [3.05, 3.63) is 0 Å². The molecule has 0 bridgehead atoms. The van der Waals surface area contributed by atoms with Crippen molar-refractivity contribution in [3.8, 4) is 0 Å². The molecule has 0 aromatic carbocycles. The second kappa shape index (κ2) is 7.54. The first-order valence-electron chi connectivity index (χ1n) is 9.41. The molecule has 0 spiro atoms. The van der Waals surface area contributed by atoms with E-state index in [0.29, 0.717) is 12.3 Å². The molecule has 1 saturated heterocycles. The van der Waals surface area contributed by atoms with Crippen LogP contribution in [0.3, 0.4) is 0 Å². The summed E-state index contributed by atoms with van der Waals surface area (Å²) in [5.74, 6) is -0.716. The smallest absolute Gasteiger partial charge is 0.249 e. The first-order valence-corrected chi connectivity index (χ1v) is 9.41. The molecule has 3 rings (SSSR count). The van der Waals surface area contributed by atoms with Gasteiger partial charge >= 0.3 is 0 Å². The van der Waals surface area contributed by atoms with Crippen molar-refractivity contribution in [2.24, 2.45) is 5.92 Å². The van der Waals surface area contributed by atoms with E-state index in [4.69, 9.17) is 0 Å². The van der Waals surface area contributed by atoms with Gasteiger partial charge in [0.15, 0.2) is 0 Å². The van der Waals surface area contributed by atoms with Gasteiger partial charge in [0.1, 0.15) is 12.1 Å². The van der Waals surface area contributed by atoms with Crippen molar-refractivity contribution < 1.29 is 19.2 Å². The van der Waals surface area contributed by atoms with Gasteiger partial charge in [-0.05, 0) is 38.5 Å². The Hall–Kier alpha value is -1.92. The summed E-state index contributed by atoms with van der Waals surface area (Å²) >= 11 is 0. The van der Waals surface area contributed by atoms with E-state index >= 15 is 0 Å². The van der Waals surface area contributed by atoms with E-state index in [1.54, 1.807) is 6.92 Å². The van der Waals surface area contributed by atoms with Crippen molar-refractivity contribution in [2.45, 2.75) is 82.8 Å². The Kier molecular flexibility index (Phi) is 5.39. The molecule has 4 amide bonds. The van der Waals surface area contributed by atoms with Crippen LogP contribution in [0.15, 0.2) is 0 Å². The predicted octanol–water partition coefficient (Wildman–Crippen LogP) is 0.868. The van der Waals surface area contributed by atoms with Gasteiger partial charge < -0.3 is 10.2 Å². The van der Waals surface area contributed by atoms with E-state index in [0.717, 1.165) is 25.7 Å². The van der Waals surface area contributed by atoms with Crippen LogP contribution in [0.5, 0.6) is 0 Å². The number of hydrogen-bond donors (Lipinski definition) is 2. The molecular formula is C18H27N3O4. The summed E-state index contributed by atoms with van der Waals surface area (Å²) in [7, 11) is 0. The number of nitrogens with zero attached hydrogens (tertiary/aromatic N) is 1. The fourth-order valence-corrected chi connectivity index (χ4v) is 3.94. The highest BCUT2D eigenvalue weighted by Gasteiger charge is 2.45. The monoisotopic (exact) mass is 349 g/mol. The Balaban J connectivity index is 1.56. The first-order chi connectivity index (χ1) is 12.0. The van der Waals surface area contributed by atoms with Crippen LogP contribution < -0.4 is 10.6 Å². The molecule has 0 aromatic heterocycles.